The zero-order chi connectivity index (χ0) is 19.7. The summed E-state index contributed by atoms with van der Waals surface area (Å²) >= 11 is 0. The zero-order valence-electron chi connectivity index (χ0n) is 14.9. The highest BCUT2D eigenvalue weighted by Gasteiger charge is 2.18. The predicted octanol–water partition coefficient (Wildman–Crippen LogP) is 3.94. The van der Waals surface area contributed by atoms with Gasteiger partial charge in [0.15, 0.2) is 0 Å². The van der Waals surface area contributed by atoms with Gasteiger partial charge >= 0.3 is 0 Å². The lowest BCUT2D eigenvalue weighted by atomic mass is 10.2. The minimum absolute atomic E-state index is 0.102. The van der Waals surface area contributed by atoms with Crippen LogP contribution in [0.2, 0.25) is 0 Å². The molecule has 0 aliphatic rings. The lowest BCUT2D eigenvalue weighted by Gasteiger charge is -2.10. The smallest absolute Gasteiger partial charge is 0.261 e. The normalized spacial score (nSPS) is 11.9. The molecule has 0 aliphatic carbocycles. The third-order valence-corrected chi connectivity index (χ3v) is 7.26. The molecule has 5 nitrogen and oxygen atoms in total. The molecular formula is C20H19NO4S2. The summed E-state index contributed by atoms with van der Waals surface area (Å²) in [6.07, 6.45) is 0. The molecule has 0 bridgehead atoms. The number of anilines is 1. The number of nitrogens with one attached hydrogen (secondary N) is 1. The van der Waals surface area contributed by atoms with E-state index in [1.165, 1.54) is 36.4 Å². The Bertz CT molecular complexity index is 1150. The second kappa shape index (κ2) is 7.17. The van der Waals surface area contributed by atoms with E-state index in [0.717, 1.165) is 11.1 Å². The first-order chi connectivity index (χ1) is 12.7. The molecule has 0 aromatic heterocycles. The van der Waals surface area contributed by atoms with Gasteiger partial charge in [-0.1, -0.05) is 35.4 Å². The van der Waals surface area contributed by atoms with E-state index >= 15 is 0 Å². The third kappa shape index (κ3) is 4.20. The highest BCUT2D eigenvalue weighted by molar-refractivity contribution is 7.92. The van der Waals surface area contributed by atoms with Gasteiger partial charge in [0.25, 0.3) is 10.0 Å². The Labute approximate surface area is 159 Å². The van der Waals surface area contributed by atoms with E-state index in [1.807, 2.05) is 13.8 Å². The van der Waals surface area contributed by atoms with Crippen LogP contribution in [-0.2, 0) is 19.9 Å². The van der Waals surface area contributed by atoms with Gasteiger partial charge in [-0.15, -0.1) is 0 Å². The number of hydrogen-bond acceptors (Lipinski definition) is 4. The number of rotatable bonds is 5. The maximum absolute atomic E-state index is 12.7. The van der Waals surface area contributed by atoms with Crippen molar-refractivity contribution in [2.45, 2.75) is 28.5 Å². The molecule has 0 unspecified atom stereocenters. The van der Waals surface area contributed by atoms with Gasteiger partial charge in [0, 0.05) is 5.69 Å². The van der Waals surface area contributed by atoms with E-state index in [-0.39, 0.29) is 14.7 Å². The van der Waals surface area contributed by atoms with Gasteiger partial charge in [-0.2, -0.15) is 0 Å². The highest BCUT2D eigenvalue weighted by atomic mass is 32.2. The van der Waals surface area contributed by atoms with E-state index in [9.17, 15) is 16.8 Å². The van der Waals surface area contributed by atoms with E-state index in [1.54, 1.807) is 36.4 Å². The molecule has 0 fully saturated rings. The molecule has 27 heavy (non-hydrogen) atoms. The quantitative estimate of drug-likeness (QED) is 0.702. The molecule has 0 saturated heterocycles. The molecule has 0 aliphatic heterocycles. The van der Waals surface area contributed by atoms with Crippen molar-refractivity contribution in [3.8, 4) is 0 Å². The summed E-state index contributed by atoms with van der Waals surface area (Å²) in [7, 11) is -7.39. The molecule has 0 radical (unpaired) electrons. The Morgan fingerprint density at radius 2 is 0.926 bits per heavy atom. The van der Waals surface area contributed by atoms with Crippen molar-refractivity contribution < 1.29 is 16.8 Å². The molecular weight excluding hydrogens is 382 g/mol. The predicted molar refractivity (Wildman–Crippen MR) is 105 cm³/mol. The van der Waals surface area contributed by atoms with Crippen molar-refractivity contribution in [1.29, 1.82) is 0 Å². The summed E-state index contributed by atoms with van der Waals surface area (Å²) in [5, 5.41) is 0. The van der Waals surface area contributed by atoms with Crippen LogP contribution in [0.15, 0.2) is 87.5 Å². The van der Waals surface area contributed by atoms with E-state index in [4.69, 9.17) is 0 Å². The number of aryl methyl sites for hydroxylation is 2. The van der Waals surface area contributed by atoms with Gasteiger partial charge in [0.2, 0.25) is 9.84 Å². The average molecular weight is 402 g/mol. The Morgan fingerprint density at radius 3 is 1.37 bits per heavy atom. The Morgan fingerprint density at radius 1 is 0.556 bits per heavy atom. The lowest BCUT2D eigenvalue weighted by molar-refractivity contribution is 0.596. The first-order valence-electron chi connectivity index (χ1n) is 8.20. The lowest BCUT2D eigenvalue weighted by Crippen LogP contribution is -2.13. The van der Waals surface area contributed by atoms with Gasteiger partial charge in [0.05, 0.1) is 14.7 Å². The molecule has 0 spiro atoms. The standard InChI is InChI=1S/C20H19NO4S2/c1-15-3-9-18(10-4-15)26(22,23)19-13-7-17(8-14-19)21-27(24,25)20-11-5-16(2)6-12-20/h3-14,21H,1-2H3. The second-order valence-electron chi connectivity index (χ2n) is 6.26. The number of hydrogen-bond donors (Lipinski definition) is 1. The monoisotopic (exact) mass is 401 g/mol. The SMILES string of the molecule is Cc1ccc(S(=O)(=O)Nc2ccc(S(=O)(=O)c3ccc(C)cc3)cc2)cc1. The molecule has 140 valence electrons. The minimum atomic E-state index is -3.73. The van der Waals surface area contributed by atoms with Crippen LogP contribution in [0.5, 0.6) is 0 Å². The van der Waals surface area contributed by atoms with Crippen LogP contribution in [0.25, 0.3) is 0 Å². The molecule has 3 aromatic carbocycles. The van der Waals surface area contributed by atoms with Crippen LogP contribution < -0.4 is 4.72 Å². The summed E-state index contributed by atoms with van der Waals surface area (Å²) in [6.45, 7) is 3.75. The van der Waals surface area contributed by atoms with E-state index in [0.29, 0.717) is 5.69 Å². The first kappa shape index (κ1) is 19.1. The van der Waals surface area contributed by atoms with Crippen molar-refractivity contribution in [1.82, 2.24) is 0 Å². The topological polar surface area (TPSA) is 80.3 Å². The zero-order valence-corrected chi connectivity index (χ0v) is 16.5. The fraction of sp³-hybridized carbons (Fsp3) is 0.100. The Kier molecular flexibility index (Phi) is 5.08. The van der Waals surface area contributed by atoms with Crippen molar-refractivity contribution >= 4 is 25.5 Å². The minimum Gasteiger partial charge on any atom is -0.280 e. The van der Waals surface area contributed by atoms with E-state index < -0.39 is 19.9 Å². The van der Waals surface area contributed by atoms with Crippen LogP contribution in [0.1, 0.15) is 11.1 Å². The second-order valence-corrected chi connectivity index (χ2v) is 9.89. The van der Waals surface area contributed by atoms with Crippen LogP contribution in [-0.4, -0.2) is 16.8 Å². The molecule has 0 amide bonds. The number of benzene rings is 3. The Balaban J connectivity index is 1.85. The fourth-order valence-corrected chi connectivity index (χ4v) is 4.81. The van der Waals surface area contributed by atoms with Crippen LogP contribution >= 0.6 is 0 Å². The van der Waals surface area contributed by atoms with Crippen LogP contribution in [0, 0.1) is 13.8 Å². The average Bonchev–Trinajstić information content (AvgIpc) is 2.62. The maximum atomic E-state index is 12.7. The van der Waals surface area contributed by atoms with Crippen molar-refractivity contribution in [3.63, 3.8) is 0 Å². The summed E-state index contributed by atoms with van der Waals surface area (Å²) in [5.41, 5.74) is 2.22. The molecule has 1 N–H and O–H groups in total. The van der Waals surface area contributed by atoms with Gasteiger partial charge in [0.1, 0.15) is 0 Å². The summed E-state index contributed by atoms with van der Waals surface area (Å²) in [4.78, 5) is 0.440. The summed E-state index contributed by atoms with van der Waals surface area (Å²) < 4.78 is 52.6. The van der Waals surface area contributed by atoms with Crippen molar-refractivity contribution in [3.05, 3.63) is 83.9 Å². The van der Waals surface area contributed by atoms with E-state index in [2.05, 4.69) is 4.72 Å². The van der Waals surface area contributed by atoms with Gasteiger partial charge in [-0.3, -0.25) is 4.72 Å². The maximum Gasteiger partial charge on any atom is 0.261 e. The van der Waals surface area contributed by atoms with Crippen molar-refractivity contribution in [2.24, 2.45) is 0 Å². The van der Waals surface area contributed by atoms with Crippen molar-refractivity contribution in [2.75, 3.05) is 4.72 Å². The molecule has 7 heteroatoms. The van der Waals surface area contributed by atoms with Crippen LogP contribution in [0.4, 0.5) is 5.69 Å². The highest BCUT2D eigenvalue weighted by Crippen LogP contribution is 2.24. The van der Waals surface area contributed by atoms with Gasteiger partial charge < -0.3 is 0 Å². The number of sulfone groups is 1. The molecule has 3 rings (SSSR count). The largest absolute Gasteiger partial charge is 0.280 e. The summed E-state index contributed by atoms with van der Waals surface area (Å²) in [5.74, 6) is 0. The van der Waals surface area contributed by atoms with Gasteiger partial charge in [-0.25, -0.2) is 16.8 Å². The molecule has 0 atom stereocenters. The van der Waals surface area contributed by atoms with Crippen LogP contribution in [0.3, 0.4) is 0 Å². The molecule has 3 aromatic rings. The summed E-state index contributed by atoms with van der Waals surface area (Å²) in [6, 6.07) is 18.7. The molecule has 0 heterocycles. The third-order valence-electron chi connectivity index (χ3n) is 4.08. The number of sulfonamides is 1. The Hall–Kier alpha value is -2.64. The van der Waals surface area contributed by atoms with Gasteiger partial charge in [-0.05, 0) is 62.4 Å². The molecule has 0 saturated carbocycles. The first-order valence-corrected chi connectivity index (χ1v) is 11.2. The fourth-order valence-electron chi connectivity index (χ4n) is 2.49.